The van der Waals surface area contributed by atoms with Crippen molar-refractivity contribution in [1.82, 2.24) is 0 Å². The van der Waals surface area contributed by atoms with E-state index >= 15 is 0 Å². The summed E-state index contributed by atoms with van der Waals surface area (Å²) >= 11 is 0. The number of hydrogen-bond acceptors (Lipinski definition) is 2. The fourth-order valence-corrected chi connectivity index (χ4v) is 4.06. The van der Waals surface area contributed by atoms with Crippen LogP contribution in [0.5, 0.6) is 0 Å². The Balaban J connectivity index is 1.67. The van der Waals surface area contributed by atoms with Gasteiger partial charge in [-0.05, 0) is 6.42 Å². The minimum absolute atomic E-state index is 0.0415. The van der Waals surface area contributed by atoms with Crippen LogP contribution in [0.3, 0.4) is 0 Å². The topological polar surface area (TPSA) is 38.4 Å². The van der Waals surface area contributed by atoms with Crippen molar-refractivity contribution >= 4 is 0 Å². The minimum atomic E-state index is -0.586. The van der Waals surface area contributed by atoms with Crippen LogP contribution in [-0.4, -0.2) is 32.0 Å². The molecule has 2 radical (unpaired) electrons. The highest BCUT2D eigenvalue weighted by Crippen LogP contribution is 2.15. The molecule has 1 aliphatic rings. The third kappa shape index (κ3) is 16.8. The summed E-state index contributed by atoms with van der Waals surface area (Å²) in [4.78, 5) is 0. The fourth-order valence-electron chi connectivity index (χ4n) is 4.06. The maximum absolute atomic E-state index is 11.4. The van der Waals surface area contributed by atoms with E-state index in [9.17, 15) is 5.11 Å². The second-order valence-corrected chi connectivity index (χ2v) is 8.75. The Kier molecular flexibility index (Phi) is 18.7. The fraction of sp³-hybridized carbons (Fsp3) is 0.960. The summed E-state index contributed by atoms with van der Waals surface area (Å²) in [5, 5.41) is 11.4. The number of rotatable bonds is 20. The molecule has 28 heavy (non-hydrogen) atoms. The number of unbranched alkanes of at least 4 members (excludes halogenated alkanes) is 17. The van der Waals surface area contributed by atoms with Gasteiger partial charge in [0, 0.05) is 13.0 Å². The molecule has 0 aromatic heterocycles. The molecular weight excluding hydrogens is 348 g/mol. The predicted molar refractivity (Wildman–Crippen MR) is 118 cm³/mol. The van der Waals surface area contributed by atoms with Crippen LogP contribution in [0.15, 0.2) is 0 Å². The molecular formula is C25H48O3. The van der Waals surface area contributed by atoms with Gasteiger partial charge < -0.3 is 9.47 Å². The zero-order valence-corrected chi connectivity index (χ0v) is 18.6. The second kappa shape index (κ2) is 20.2. The quantitative estimate of drug-likeness (QED) is 0.200. The Morgan fingerprint density at radius 1 is 0.643 bits per heavy atom. The van der Waals surface area contributed by atoms with E-state index in [0.717, 1.165) is 19.4 Å². The van der Waals surface area contributed by atoms with E-state index in [1.165, 1.54) is 103 Å². The molecule has 0 aromatic carbocycles. The molecule has 1 rings (SSSR count). The van der Waals surface area contributed by atoms with Crippen LogP contribution >= 0.6 is 0 Å². The van der Waals surface area contributed by atoms with Crippen LogP contribution in [0.2, 0.25) is 0 Å². The van der Waals surface area contributed by atoms with E-state index in [1.807, 2.05) is 0 Å². The van der Waals surface area contributed by atoms with E-state index < -0.39 is 6.10 Å². The summed E-state index contributed by atoms with van der Waals surface area (Å²) in [6.07, 6.45) is 24.7. The predicted octanol–water partition coefficient (Wildman–Crippen LogP) is 7.45. The maximum Gasteiger partial charge on any atom is 0.119 e. The first-order valence-corrected chi connectivity index (χ1v) is 12.5. The lowest BCUT2D eigenvalue weighted by Gasteiger charge is -2.25. The lowest BCUT2D eigenvalue weighted by Crippen LogP contribution is -2.34. The maximum atomic E-state index is 11.4. The van der Waals surface area contributed by atoms with Crippen molar-refractivity contribution in [2.75, 3.05) is 19.8 Å². The van der Waals surface area contributed by atoms with Crippen molar-refractivity contribution in [2.24, 2.45) is 0 Å². The van der Waals surface area contributed by atoms with Crippen LogP contribution in [0, 0.1) is 6.92 Å². The van der Waals surface area contributed by atoms with Crippen molar-refractivity contribution < 1.29 is 14.6 Å². The average molecular weight is 397 g/mol. The largest absolute Gasteiger partial charge is 0.376 e. The molecule has 3 nitrogen and oxygen atoms in total. The highest BCUT2D eigenvalue weighted by atomic mass is 16.5. The Morgan fingerprint density at radius 3 is 1.50 bits per heavy atom. The summed E-state index contributed by atoms with van der Waals surface area (Å²) in [5.41, 5.74) is 0. The Hall–Kier alpha value is -0.120. The smallest absolute Gasteiger partial charge is 0.119 e. The molecule has 1 heterocycles. The van der Waals surface area contributed by atoms with E-state index in [-0.39, 0.29) is 6.10 Å². The van der Waals surface area contributed by atoms with Gasteiger partial charge >= 0.3 is 0 Å². The highest BCUT2D eigenvalue weighted by molar-refractivity contribution is 4.69. The molecule has 0 spiro atoms. The van der Waals surface area contributed by atoms with Gasteiger partial charge in [-0.1, -0.05) is 116 Å². The van der Waals surface area contributed by atoms with Gasteiger partial charge in [0.2, 0.25) is 0 Å². The van der Waals surface area contributed by atoms with Gasteiger partial charge in [-0.2, -0.15) is 0 Å². The molecule has 0 aliphatic carbocycles. The van der Waals surface area contributed by atoms with Gasteiger partial charge in [0.15, 0.2) is 0 Å². The SMILES string of the molecule is [CH2]CCCCCCCCCCCCCCCCCCCOC1COCC([O])C1. The molecule has 2 atom stereocenters. The summed E-state index contributed by atoms with van der Waals surface area (Å²) < 4.78 is 11.0. The molecule has 1 saturated heterocycles. The van der Waals surface area contributed by atoms with Crippen LogP contribution in [0.1, 0.15) is 122 Å². The standard InChI is InChI=1S/C25H48O3/c1-2-3-4-5-6-7-8-9-10-11-12-13-14-15-16-17-18-19-20-28-25-21-24(26)22-27-23-25/h24-25H,1-23H2. The lowest BCUT2D eigenvalue weighted by atomic mass is 10.0. The first kappa shape index (κ1) is 25.9. The van der Waals surface area contributed by atoms with E-state index in [0.29, 0.717) is 19.6 Å². The second-order valence-electron chi connectivity index (χ2n) is 8.75. The molecule has 0 saturated carbocycles. The van der Waals surface area contributed by atoms with Crippen LogP contribution in [-0.2, 0) is 14.6 Å². The Labute approximate surface area is 176 Å². The van der Waals surface area contributed by atoms with Crippen molar-refractivity contribution in [1.29, 1.82) is 0 Å². The molecule has 166 valence electrons. The Morgan fingerprint density at radius 2 is 1.07 bits per heavy atom. The molecule has 0 bridgehead atoms. The van der Waals surface area contributed by atoms with Crippen LogP contribution < -0.4 is 0 Å². The van der Waals surface area contributed by atoms with Gasteiger partial charge in [-0.3, -0.25) is 0 Å². The zero-order valence-electron chi connectivity index (χ0n) is 18.6. The summed E-state index contributed by atoms with van der Waals surface area (Å²) in [5.74, 6) is 0. The van der Waals surface area contributed by atoms with Gasteiger partial charge in [-0.25, -0.2) is 5.11 Å². The van der Waals surface area contributed by atoms with Crippen molar-refractivity contribution in [2.45, 2.75) is 134 Å². The monoisotopic (exact) mass is 396 g/mol. The van der Waals surface area contributed by atoms with E-state index in [1.54, 1.807) is 0 Å². The van der Waals surface area contributed by atoms with Gasteiger partial charge in [0.05, 0.1) is 19.3 Å². The van der Waals surface area contributed by atoms with Crippen molar-refractivity contribution in [3.8, 4) is 0 Å². The van der Waals surface area contributed by atoms with Gasteiger partial charge in [-0.15, -0.1) is 0 Å². The first-order chi connectivity index (χ1) is 13.8. The molecule has 1 fully saturated rings. The molecule has 0 aromatic rings. The number of hydrogen-bond donors (Lipinski definition) is 0. The zero-order chi connectivity index (χ0) is 20.1. The Bertz CT molecular complexity index is 308. The highest BCUT2D eigenvalue weighted by Gasteiger charge is 2.22. The van der Waals surface area contributed by atoms with Crippen LogP contribution in [0.25, 0.3) is 0 Å². The van der Waals surface area contributed by atoms with Crippen molar-refractivity contribution in [3.05, 3.63) is 6.92 Å². The minimum Gasteiger partial charge on any atom is -0.376 e. The molecule has 0 amide bonds. The van der Waals surface area contributed by atoms with E-state index in [2.05, 4.69) is 6.92 Å². The van der Waals surface area contributed by atoms with Crippen LogP contribution in [0.4, 0.5) is 0 Å². The number of ether oxygens (including phenoxy) is 2. The van der Waals surface area contributed by atoms with Crippen molar-refractivity contribution in [3.63, 3.8) is 0 Å². The lowest BCUT2D eigenvalue weighted by molar-refractivity contribution is -0.117. The van der Waals surface area contributed by atoms with Gasteiger partial charge in [0.25, 0.3) is 0 Å². The summed E-state index contributed by atoms with van der Waals surface area (Å²) in [7, 11) is 0. The normalized spacial score (nSPS) is 19.9. The summed E-state index contributed by atoms with van der Waals surface area (Å²) in [6, 6.07) is 0. The first-order valence-electron chi connectivity index (χ1n) is 12.5. The average Bonchev–Trinajstić information content (AvgIpc) is 2.70. The van der Waals surface area contributed by atoms with Gasteiger partial charge in [0.1, 0.15) is 6.10 Å². The molecule has 3 heteroatoms. The third-order valence-corrected chi connectivity index (χ3v) is 5.88. The molecule has 0 N–H and O–H groups in total. The third-order valence-electron chi connectivity index (χ3n) is 5.88. The van der Waals surface area contributed by atoms with E-state index in [4.69, 9.17) is 9.47 Å². The molecule has 2 unspecified atom stereocenters. The summed E-state index contributed by atoms with van der Waals surface area (Å²) in [6.45, 7) is 5.65. The molecule has 1 aliphatic heterocycles.